The van der Waals surface area contributed by atoms with Crippen LogP contribution >= 0.6 is 0 Å². The first-order valence-corrected chi connectivity index (χ1v) is 11.9. The van der Waals surface area contributed by atoms with Crippen molar-refractivity contribution in [2.45, 2.75) is 18.8 Å². The first-order valence-electron chi connectivity index (χ1n) is 10.6. The molecule has 2 atom stereocenters. The van der Waals surface area contributed by atoms with Crippen LogP contribution in [-0.2, 0) is 21.0 Å². The van der Waals surface area contributed by atoms with E-state index in [4.69, 9.17) is 14.0 Å². The molecule has 0 fully saturated rings. The van der Waals surface area contributed by atoms with Crippen molar-refractivity contribution < 1.29 is 66.4 Å². The molecule has 0 saturated carbocycles. The van der Waals surface area contributed by atoms with Crippen LogP contribution in [0.1, 0.15) is 22.9 Å². The Bertz CT molecular complexity index is 1340. The third kappa shape index (κ3) is 6.93. The predicted octanol–water partition coefficient (Wildman–Crippen LogP) is -1.05. The molecule has 11 nitrogen and oxygen atoms in total. The Morgan fingerprint density at radius 3 is 2.67 bits per heavy atom. The van der Waals surface area contributed by atoms with Crippen molar-refractivity contribution in [3.8, 4) is 23.0 Å². The zero-order valence-electron chi connectivity index (χ0n) is 19.9. The topological polar surface area (TPSA) is 146 Å². The zero-order chi connectivity index (χ0) is 25.2. The molecule has 36 heavy (non-hydrogen) atoms. The van der Waals surface area contributed by atoms with E-state index in [1.807, 2.05) is 29.8 Å². The van der Waals surface area contributed by atoms with Gasteiger partial charge in [0.15, 0.2) is 11.5 Å². The summed E-state index contributed by atoms with van der Waals surface area (Å²) in [5, 5.41) is 21.8. The maximum absolute atomic E-state index is 11.8. The predicted molar refractivity (Wildman–Crippen MR) is 123 cm³/mol. The summed E-state index contributed by atoms with van der Waals surface area (Å²) in [6.45, 7) is 0.812. The van der Waals surface area contributed by atoms with Crippen LogP contribution in [0.4, 0.5) is 0 Å². The molecule has 2 heterocycles. The molecule has 0 bridgehead atoms. The number of rotatable bonds is 9. The number of hydrogen-bond donors (Lipinski definition) is 2. The first-order chi connectivity index (χ1) is 16.6. The number of hydrogen-bond acceptors (Lipinski definition) is 9. The third-order valence-corrected chi connectivity index (χ3v) is 5.62. The Labute approximate surface area is 230 Å². The van der Waals surface area contributed by atoms with Crippen LogP contribution in [0.3, 0.4) is 0 Å². The SMILES string of the molecule is CN(C)CCc1cn([C@H](c2ccc([O-])c(O)c2)[C@@H]2Oc3ccc(/C=C\OS(=O)(=O)O)cc3O2)cn1.[Na+]. The smallest absolute Gasteiger partial charge is 0.870 e. The fourth-order valence-electron chi connectivity index (χ4n) is 3.58. The van der Waals surface area contributed by atoms with Crippen molar-refractivity contribution in [3.63, 3.8) is 0 Å². The molecular weight excluding hydrogens is 501 g/mol. The fourth-order valence-corrected chi connectivity index (χ4v) is 3.78. The van der Waals surface area contributed by atoms with Gasteiger partial charge in [0.05, 0.1) is 12.0 Å². The van der Waals surface area contributed by atoms with Crippen LogP contribution in [0.15, 0.2) is 55.2 Å². The van der Waals surface area contributed by atoms with E-state index in [1.165, 1.54) is 18.2 Å². The van der Waals surface area contributed by atoms with E-state index in [1.54, 1.807) is 30.6 Å². The van der Waals surface area contributed by atoms with Crippen molar-refractivity contribution in [2.24, 2.45) is 0 Å². The van der Waals surface area contributed by atoms with Gasteiger partial charge in [-0.25, -0.2) is 4.98 Å². The van der Waals surface area contributed by atoms with E-state index in [9.17, 15) is 18.6 Å². The minimum atomic E-state index is -4.60. The summed E-state index contributed by atoms with van der Waals surface area (Å²) >= 11 is 0. The summed E-state index contributed by atoms with van der Waals surface area (Å²) in [5.74, 6) is -0.0378. The van der Waals surface area contributed by atoms with Crippen molar-refractivity contribution in [1.29, 1.82) is 0 Å². The van der Waals surface area contributed by atoms with E-state index in [0.717, 1.165) is 24.9 Å². The van der Waals surface area contributed by atoms with Gasteiger partial charge in [-0.3, -0.25) is 4.55 Å². The maximum atomic E-state index is 11.8. The summed E-state index contributed by atoms with van der Waals surface area (Å²) in [6.07, 6.45) is 5.56. The fraction of sp³-hybridized carbons (Fsp3) is 0.261. The standard InChI is InChI=1S/C23H25N3O8S.Na/c1-25(2)9-7-17-13-26(14-24-17)22(16-4-5-18(27)19(28)12-16)23-33-20-6-3-15(11-21(20)34-23)8-10-32-35(29,30)31;/h3-6,8,10-14,22-23,27-28H,7,9H2,1-2H3,(H,29,30,31);/q;+1/p-1/b10-8-;/t22-,23-;/m1./s1. The molecular formula is C23H24N3NaO8S. The van der Waals surface area contributed by atoms with Crippen molar-refractivity contribution in [3.05, 3.63) is 72.0 Å². The summed E-state index contributed by atoms with van der Waals surface area (Å²) in [6, 6.07) is 8.58. The zero-order valence-corrected chi connectivity index (χ0v) is 22.8. The Hall–Kier alpha value is -2.74. The molecule has 1 aliphatic heterocycles. The van der Waals surface area contributed by atoms with Crippen LogP contribution in [0.2, 0.25) is 0 Å². The second-order valence-electron chi connectivity index (χ2n) is 8.17. The molecule has 3 aromatic rings. The van der Waals surface area contributed by atoms with Gasteiger partial charge in [0, 0.05) is 19.2 Å². The van der Waals surface area contributed by atoms with E-state index in [-0.39, 0.29) is 35.3 Å². The molecule has 0 unspecified atom stereocenters. The molecule has 1 aromatic heterocycles. The van der Waals surface area contributed by atoms with Gasteiger partial charge in [0.1, 0.15) is 18.1 Å². The van der Waals surface area contributed by atoms with Crippen LogP contribution in [0.5, 0.6) is 23.0 Å². The monoisotopic (exact) mass is 525 g/mol. The van der Waals surface area contributed by atoms with Gasteiger partial charge in [0.25, 0.3) is 6.29 Å². The molecule has 0 spiro atoms. The number of fused-ring (bicyclic) bond motifs is 1. The van der Waals surface area contributed by atoms with Crippen molar-refractivity contribution in [1.82, 2.24) is 14.5 Å². The first kappa shape index (κ1) is 27.8. The normalized spacial score (nSPS) is 15.7. The molecule has 0 amide bonds. The van der Waals surface area contributed by atoms with E-state index in [0.29, 0.717) is 22.6 Å². The molecule has 0 radical (unpaired) electrons. The summed E-state index contributed by atoms with van der Waals surface area (Å²) < 4.78 is 48.2. The minimum Gasteiger partial charge on any atom is -0.870 e. The van der Waals surface area contributed by atoms with Crippen LogP contribution in [-0.4, -0.2) is 59.5 Å². The third-order valence-electron chi connectivity index (χ3n) is 5.27. The number of ether oxygens (including phenoxy) is 2. The average Bonchev–Trinajstić information content (AvgIpc) is 3.41. The maximum Gasteiger partial charge on any atom is 1.00 e. The van der Waals surface area contributed by atoms with Gasteiger partial charge in [-0.1, -0.05) is 23.9 Å². The molecule has 2 aromatic carbocycles. The van der Waals surface area contributed by atoms with Crippen molar-refractivity contribution in [2.75, 3.05) is 20.6 Å². The Balaban J connectivity index is 0.00000361. The number of aromatic hydroxyl groups is 1. The Kier molecular flexibility index (Phi) is 8.93. The van der Waals surface area contributed by atoms with E-state index < -0.39 is 28.5 Å². The number of nitrogens with zero attached hydrogens (tertiary/aromatic N) is 3. The van der Waals surface area contributed by atoms with E-state index in [2.05, 4.69) is 9.17 Å². The number of benzene rings is 2. The molecule has 0 saturated heterocycles. The molecule has 1 aliphatic rings. The molecule has 0 aliphatic carbocycles. The summed E-state index contributed by atoms with van der Waals surface area (Å²) in [5.41, 5.74) is 1.98. The van der Waals surface area contributed by atoms with Crippen LogP contribution in [0.25, 0.3) is 6.08 Å². The number of likely N-dealkylation sites (N-methyl/N-ethyl adjacent to an activating group) is 1. The molecule has 2 N–H and O–H groups in total. The summed E-state index contributed by atoms with van der Waals surface area (Å²) in [7, 11) is -0.648. The van der Waals surface area contributed by atoms with Gasteiger partial charge in [0.2, 0.25) is 0 Å². The molecule has 186 valence electrons. The number of phenols is 1. The number of imidazole rings is 1. The molecule has 13 heteroatoms. The number of phenolic OH excluding ortho intramolecular Hbond substituents is 1. The largest absolute Gasteiger partial charge is 1.00 e. The van der Waals surface area contributed by atoms with Gasteiger partial charge in [-0.2, -0.15) is 8.42 Å². The second-order valence-corrected chi connectivity index (χ2v) is 9.22. The molecule has 4 rings (SSSR count). The minimum absolute atomic E-state index is 0. The Morgan fingerprint density at radius 2 is 1.97 bits per heavy atom. The second kappa shape index (κ2) is 11.5. The van der Waals surface area contributed by atoms with E-state index >= 15 is 0 Å². The van der Waals surface area contributed by atoms with Gasteiger partial charge >= 0.3 is 40.0 Å². The van der Waals surface area contributed by atoms with Gasteiger partial charge in [-0.15, -0.1) is 0 Å². The summed E-state index contributed by atoms with van der Waals surface area (Å²) in [4.78, 5) is 6.52. The number of aromatic nitrogens is 2. The van der Waals surface area contributed by atoms with Crippen LogP contribution < -0.4 is 44.1 Å². The quantitative estimate of drug-likeness (QED) is 0.202. The van der Waals surface area contributed by atoms with Crippen LogP contribution in [0, 0.1) is 0 Å². The van der Waals surface area contributed by atoms with Crippen molar-refractivity contribution >= 4 is 16.5 Å². The van der Waals surface area contributed by atoms with Gasteiger partial charge < -0.3 is 33.3 Å². The van der Waals surface area contributed by atoms with Gasteiger partial charge in [-0.05, 0) is 49.5 Å². The Morgan fingerprint density at radius 1 is 1.22 bits per heavy atom. The average molecular weight is 526 g/mol.